The van der Waals surface area contributed by atoms with Gasteiger partial charge in [0.05, 0.1) is 6.61 Å². The Kier molecular flexibility index (Phi) is 24.2. The van der Waals surface area contributed by atoms with Crippen LogP contribution >= 0.6 is 24.7 Å². The number of alkyl halides is 1. The zero-order valence-corrected chi connectivity index (χ0v) is 18.8. The van der Waals surface area contributed by atoms with Crippen molar-refractivity contribution in [2.24, 2.45) is 0 Å². The molecule has 0 amide bonds. The Bertz CT molecular complexity index is 246. The van der Waals surface area contributed by atoms with Gasteiger partial charge in [0.1, 0.15) is 0 Å². The van der Waals surface area contributed by atoms with Crippen molar-refractivity contribution in [3.8, 4) is 0 Å². The molecule has 0 aliphatic rings. The molecule has 0 aliphatic carbocycles. The minimum absolute atomic E-state index is 0.712. The van der Waals surface area contributed by atoms with Gasteiger partial charge in [-0.2, -0.15) is 0 Å². The molecular formula is C21H42BrOP. The van der Waals surface area contributed by atoms with Crippen LogP contribution in [0.4, 0.5) is 0 Å². The summed E-state index contributed by atoms with van der Waals surface area (Å²) in [5, 5.41) is 1.11. The summed E-state index contributed by atoms with van der Waals surface area (Å²) in [5.74, 6) is 0. The van der Waals surface area contributed by atoms with Gasteiger partial charge in [-0.15, -0.1) is 0 Å². The Labute approximate surface area is 162 Å². The average Bonchev–Trinajstić information content (AvgIpc) is 2.60. The highest BCUT2D eigenvalue weighted by Gasteiger charge is 1.93. The van der Waals surface area contributed by atoms with Gasteiger partial charge in [0, 0.05) is 14.1 Å². The molecule has 0 N–H and O–H groups in total. The molecule has 0 aliphatic heterocycles. The first kappa shape index (κ1) is 24.6. The van der Waals surface area contributed by atoms with E-state index in [0.717, 1.165) is 11.9 Å². The van der Waals surface area contributed by atoms with E-state index in [0.29, 0.717) is 8.81 Å². The monoisotopic (exact) mass is 420 g/mol. The molecule has 0 bridgehead atoms. The van der Waals surface area contributed by atoms with Gasteiger partial charge in [-0.3, -0.25) is 0 Å². The number of rotatable bonds is 20. The summed E-state index contributed by atoms with van der Waals surface area (Å²) >= 11 is 3.45. The fourth-order valence-electron chi connectivity index (χ4n) is 2.71. The van der Waals surface area contributed by atoms with Crippen molar-refractivity contribution in [2.45, 2.75) is 103 Å². The molecule has 0 saturated carbocycles. The lowest BCUT2D eigenvalue weighted by molar-refractivity contribution is 0.344. The summed E-state index contributed by atoms with van der Waals surface area (Å²) in [7, 11) is 0.712. The lowest BCUT2D eigenvalue weighted by atomic mass is 10.1. The molecule has 0 saturated heterocycles. The molecule has 0 heterocycles. The smallest absolute Gasteiger partial charge is 0.0505 e. The SMILES string of the molecule is CCCCCCCC/C=C\CCCCCCCCOPCCCBr. The minimum atomic E-state index is 0.712. The molecule has 0 aromatic carbocycles. The van der Waals surface area contributed by atoms with Crippen LogP contribution < -0.4 is 0 Å². The molecule has 0 fully saturated rings. The van der Waals surface area contributed by atoms with Crippen molar-refractivity contribution in [2.75, 3.05) is 18.1 Å². The standard InChI is InChI=1S/C21H42BrOP/c1-2-3-4-5-6-7-8-9-10-11-12-13-14-15-16-17-20-23-24-21-18-19-22/h9-10,24H,2-8,11-21H2,1H3/b10-9-. The highest BCUT2D eigenvalue weighted by molar-refractivity contribution is 9.09. The summed E-state index contributed by atoms with van der Waals surface area (Å²) in [6.45, 7) is 3.26. The average molecular weight is 421 g/mol. The van der Waals surface area contributed by atoms with Crippen LogP contribution in [0.2, 0.25) is 0 Å². The second-order valence-electron chi connectivity index (χ2n) is 6.72. The lowest BCUT2D eigenvalue weighted by Gasteiger charge is -2.03. The van der Waals surface area contributed by atoms with Crippen LogP contribution in [0.15, 0.2) is 12.2 Å². The molecule has 0 aromatic heterocycles. The Morgan fingerprint density at radius 2 is 1.25 bits per heavy atom. The Hall–Kier alpha value is 0.610. The van der Waals surface area contributed by atoms with Crippen LogP contribution in [0, 0.1) is 0 Å². The number of hydrogen-bond donors (Lipinski definition) is 0. The van der Waals surface area contributed by atoms with E-state index in [4.69, 9.17) is 4.52 Å². The Balaban J connectivity index is 3.03. The van der Waals surface area contributed by atoms with Gasteiger partial charge in [-0.25, -0.2) is 0 Å². The summed E-state index contributed by atoms with van der Waals surface area (Å²) in [4.78, 5) is 0. The largest absolute Gasteiger partial charge is 0.362 e. The van der Waals surface area contributed by atoms with Crippen LogP contribution in [-0.2, 0) is 4.52 Å². The molecule has 24 heavy (non-hydrogen) atoms. The molecule has 0 spiro atoms. The number of allylic oxidation sites excluding steroid dienone is 2. The topological polar surface area (TPSA) is 9.23 Å². The summed E-state index contributed by atoms with van der Waals surface area (Å²) < 4.78 is 5.65. The Morgan fingerprint density at radius 3 is 1.83 bits per heavy atom. The molecule has 1 unspecified atom stereocenters. The van der Waals surface area contributed by atoms with Crippen LogP contribution in [0.5, 0.6) is 0 Å². The van der Waals surface area contributed by atoms with Crippen LogP contribution in [0.3, 0.4) is 0 Å². The van der Waals surface area contributed by atoms with Gasteiger partial charge in [-0.05, 0) is 44.7 Å². The van der Waals surface area contributed by atoms with Crippen molar-refractivity contribution in [1.29, 1.82) is 0 Å². The number of unbranched alkanes of at least 4 members (excludes halogenated alkanes) is 12. The van der Waals surface area contributed by atoms with Gasteiger partial charge in [0.25, 0.3) is 0 Å². The van der Waals surface area contributed by atoms with Gasteiger partial charge >= 0.3 is 0 Å². The number of halogens is 1. The van der Waals surface area contributed by atoms with Crippen LogP contribution in [0.25, 0.3) is 0 Å². The van der Waals surface area contributed by atoms with Gasteiger partial charge < -0.3 is 4.52 Å². The maximum Gasteiger partial charge on any atom is 0.0505 e. The fraction of sp³-hybridized carbons (Fsp3) is 0.905. The molecule has 144 valence electrons. The zero-order chi connectivity index (χ0) is 17.6. The third kappa shape index (κ3) is 22.6. The second-order valence-corrected chi connectivity index (χ2v) is 8.59. The van der Waals surface area contributed by atoms with E-state index < -0.39 is 0 Å². The van der Waals surface area contributed by atoms with Crippen molar-refractivity contribution in [3.63, 3.8) is 0 Å². The summed E-state index contributed by atoms with van der Waals surface area (Å²) in [5.41, 5.74) is 0. The van der Waals surface area contributed by atoms with E-state index in [9.17, 15) is 0 Å². The van der Waals surface area contributed by atoms with Gasteiger partial charge in [-0.1, -0.05) is 92.8 Å². The van der Waals surface area contributed by atoms with Crippen molar-refractivity contribution in [1.82, 2.24) is 0 Å². The Morgan fingerprint density at radius 1 is 0.708 bits per heavy atom. The third-order valence-electron chi connectivity index (χ3n) is 4.27. The maximum atomic E-state index is 5.65. The molecule has 1 nitrogen and oxygen atoms in total. The highest BCUT2D eigenvalue weighted by atomic mass is 79.9. The summed E-state index contributed by atoms with van der Waals surface area (Å²) in [6.07, 6.45) is 26.5. The van der Waals surface area contributed by atoms with Crippen molar-refractivity contribution >= 4 is 24.7 Å². The quantitative estimate of drug-likeness (QED) is 0.0830. The van der Waals surface area contributed by atoms with E-state index >= 15 is 0 Å². The van der Waals surface area contributed by atoms with Crippen molar-refractivity contribution in [3.05, 3.63) is 12.2 Å². The summed E-state index contributed by atoms with van der Waals surface area (Å²) in [6, 6.07) is 0. The van der Waals surface area contributed by atoms with Crippen molar-refractivity contribution < 1.29 is 4.52 Å². The van der Waals surface area contributed by atoms with Gasteiger partial charge in [0.2, 0.25) is 0 Å². The minimum Gasteiger partial charge on any atom is -0.362 e. The van der Waals surface area contributed by atoms with Crippen LogP contribution in [0.1, 0.15) is 103 Å². The predicted octanol–water partition coefficient (Wildman–Crippen LogP) is 8.42. The zero-order valence-electron chi connectivity index (χ0n) is 16.2. The second kappa shape index (κ2) is 23.6. The third-order valence-corrected chi connectivity index (χ3v) is 5.80. The highest BCUT2D eigenvalue weighted by Crippen LogP contribution is 2.15. The first-order valence-corrected chi connectivity index (χ1v) is 12.7. The van der Waals surface area contributed by atoms with E-state index in [1.54, 1.807) is 0 Å². The first-order chi connectivity index (χ1) is 11.9. The molecule has 0 aromatic rings. The predicted molar refractivity (Wildman–Crippen MR) is 117 cm³/mol. The number of hydrogen-bond acceptors (Lipinski definition) is 1. The first-order valence-electron chi connectivity index (χ1n) is 10.5. The molecule has 1 atom stereocenters. The molecule has 3 heteroatoms. The van der Waals surface area contributed by atoms with Crippen LogP contribution in [-0.4, -0.2) is 18.1 Å². The van der Waals surface area contributed by atoms with E-state index in [1.165, 1.54) is 102 Å². The fourth-order valence-corrected chi connectivity index (χ4v) is 4.26. The molecular weight excluding hydrogens is 379 g/mol. The van der Waals surface area contributed by atoms with E-state index in [-0.39, 0.29) is 0 Å². The molecule has 0 radical (unpaired) electrons. The maximum absolute atomic E-state index is 5.65. The molecule has 0 rings (SSSR count). The van der Waals surface area contributed by atoms with Gasteiger partial charge in [0.15, 0.2) is 0 Å². The normalized spacial score (nSPS) is 12.1. The van der Waals surface area contributed by atoms with E-state index in [2.05, 4.69) is 35.0 Å². The van der Waals surface area contributed by atoms with E-state index in [1.807, 2.05) is 0 Å². The lowest BCUT2D eigenvalue weighted by Crippen LogP contribution is -1.88.